The summed E-state index contributed by atoms with van der Waals surface area (Å²) in [5.74, 6) is 5.24. The zero-order valence-corrected chi connectivity index (χ0v) is 7.60. The van der Waals surface area contributed by atoms with Crippen LogP contribution in [0.3, 0.4) is 0 Å². The highest BCUT2D eigenvalue weighted by Gasteiger charge is 2.15. The minimum Gasteiger partial charge on any atom is -0.463 e. The molecule has 0 saturated carbocycles. The van der Waals surface area contributed by atoms with Gasteiger partial charge in [-0.15, -0.1) is 0 Å². The molecular weight excluding hydrogens is 182 g/mol. The highest BCUT2D eigenvalue weighted by molar-refractivity contribution is 5.91. The summed E-state index contributed by atoms with van der Waals surface area (Å²) >= 11 is 0. The number of carbonyl (C=O) groups excluding carboxylic acids is 1. The number of fused-ring (bicyclic) bond motifs is 1. The number of ether oxygens (including phenoxy) is 1. The molecule has 0 unspecified atom stereocenters. The van der Waals surface area contributed by atoms with E-state index >= 15 is 0 Å². The number of para-hydroxylation sites is 2. The van der Waals surface area contributed by atoms with E-state index in [0.717, 1.165) is 0 Å². The molecule has 0 aliphatic carbocycles. The van der Waals surface area contributed by atoms with Crippen LogP contribution in [-0.2, 0) is 4.74 Å². The van der Waals surface area contributed by atoms with Crippen molar-refractivity contribution in [2.75, 3.05) is 13.0 Å². The van der Waals surface area contributed by atoms with Crippen LogP contribution in [0.5, 0.6) is 0 Å². The minimum atomic E-state index is -0.538. The van der Waals surface area contributed by atoms with E-state index in [1.54, 1.807) is 12.1 Å². The number of aromatic nitrogens is 2. The smallest absolute Gasteiger partial charge is 0.376 e. The molecule has 1 heterocycles. The molecule has 5 heteroatoms. The van der Waals surface area contributed by atoms with E-state index in [0.29, 0.717) is 11.0 Å². The molecule has 0 radical (unpaired) electrons. The Balaban J connectivity index is 2.68. The number of hydrogen-bond acceptors (Lipinski definition) is 4. The summed E-state index contributed by atoms with van der Waals surface area (Å²) in [4.78, 5) is 15.3. The number of carbonyl (C=O) groups is 1. The number of esters is 1. The fraction of sp³-hybridized carbons (Fsp3) is 0.111. The molecule has 1 aromatic carbocycles. The first kappa shape index (κ1) is 8.55. The molecule has 0 aliphatic heterocycles. The van der Waals surface area contributed by atoms with Crippen molar-refractivity contribution in [2.24, 2.45) is 0 Å². The molecule has 72 valence electrons. The molecule has 0 saturated heterocycles. The van der Waals surface area contributed by atoms with Crippen LogP contribution in [0.4, 0.5) is 0 Å². The van der Waals surface area contributed by atoms with E-state index < -0.39 is 5.97 Å². The summed E-state index contributed by atoms with van der Waals surface area (Å²) in [5, 5.41) is 0. The monoisotopic (exact) mass is 191 g/mol. The lowest BCUT2D eigenvalue weighted by Crippen LogP contribution is -2.17. The number of rotatable bonds is 1. The molecule has 2 rings (SSSR count). The van der Waals surface area contributed by atoms with Crippen LogP contribution >= 0.6 is 0 Å². The van der Waals surface area contributed by atoms with Crippen molar-refractivity contribution < 1.29 is 9.53 Å². The average molecular weight is 191 g/mol. The van der Waals surface area contributed by atoms with Gasteiger partial charge < -0.3 is 10.6 Å². The van der Waals surface area contributed by atoms with Gasteiger partial charge in [0, 0.05) is 0 Å². The van der Waals surface area contributed by atoms with E-state index in [1.165, 1.54) is 11.8 Å². The van der Waals surface area contributed by atoms with Gasteiger partial charge in [0.05, 0.1) is 18.1 Å². The minimum absolute atomic E-state index is 0.105. The van der Waals surface area contributed by atoms with Crippen LogP contribution in [0, 0.1) is 0 Å². The van der Waals surface area contributed by atoms with E-state index in [1.807, 2.05) is 12.1 Å². The molecule has 5 nitrogen and oxygen atoms in total. The van der Waals surface area contributed by atoms with Gasteiger partial charge in [0.25, 0.3) is 0 Å². The topological polar surface area (TPSA) is 70.1 Å². The van der Waals surface area contributed by atoms with Crippen LogP contribution in [0.2, 0.25) is 0 Å². The Bertz CT molecular complexity index is 490. The Hall–Kier alpha value is -2.04. The van der Waals surface area contributed by atoms with Crippen LogP contribution in [0.15, 0.2) is 24.3 Å². The maximum Gasteiger partial charge on any atom is 0.376 e. The second-order valence-corrected chi connectivity index (χ2v) is 2.79. The SMILES string of the molecule is COC(=O)c1nc2ccccc2n1N. The van der Waals surface area contributed by atoms with E-state index in [4.69, 9.17) is 5.84 Å². The Labute approximate surface area is 80.1 Å². The number of nitrogens with two attached hydrogens (primary N) is 1. The number of nitrogen functional groups attached to an aromatic ring is 1. The first-order valence-electron chi connectivity index (χ1n) is 4.05. The zero-order chi connectivity index (χ0) is 10.1. The standard InChI is InChI=1S/C9H9N3O2/c1-14-9(13)8-11-6-4-2-3-5-7(6)12(8)10/h2-5H,10H2,1H3. The van der Waals surface area contributed by atoms with Crippen molar-refractivity contribution in [3.63, 3.8) is 0 Å². The molecule has 0 aliphatic rings. The number of benzene rings is 1. The summed E-state index contributed by atoms with van der Waals surface area (Å²) in [7, 11) is 1.29. The lowest BCUT2D eigenvalue weighted by molar-refractivity contribution is 0.0584. The van der Waals surface area contributed by atoms with Crippen LogP contribution in [-0.4, -0.2) is 22.7 Å². The van der Waals surface area contributed by atoms with Crippen LogP contribution in [0.1, 0.15) is 10.6 Å². The molecule has 0 spiro atoms. The molecule has 14 heavy (non-hydrogen) atoms. The largest absolute Gasteiger partial charge is 0.463 e. The lowest BCUT2D eigenvalue weighted by atomic mass is 10.3. The van der Waals surface area contributed by atoms with Crippen molar-refractivity contribution in [1.29, 1.82) is 0 Å². The molecule has 0 bridgehead atoms. The van der Waals surface area contributed by atoms with Crippen molar-refractivity contribution in [3.8, 4) is 0 Å². The Morgan fingerprint density at radius 1 is 1.50 bits per heavy atom. The summed E-state index contributed by atoms with van der Waals surface area (Å²) in [5.41, 5.74) is 1.38. The van der Waals surface area contributed by atoms with Gasteiger partial charge >= 0.3 is 5.97 Å². The third-order valence-corrected chi connectivity index (χ3v) is 1.96. The molecule has 0 atom stereocenters. The second kappa shape index (κ2) is 3.02. The molecule has 2 N–H and O–H groups in total. The Kier molecular flexibility index (Phi) is 1.85. The predicted octanol–water partition coefficient (Wildman–Crippen LogP) is 0.537. The maximum absolute atomic E-state index is 11.2. The quantitative estimate of drug-likeness (QED) is 0.527. The average Bonchev–Trinajstić information content (AvgIpc) is 2.56. The Morgan fingerprint density at radius 2 is 2.21 bits per heavy atom. The number of nitrogens with zero attached hydrogens (tertiary/aromatic N) is 2. The maximum atomic E-state index is 11.2. The van der Waals surface area contributed by atoms with Gasteiger partial charge in [-0.1, -0.05) is 12.1 Å². The molecule has 2 aromatic rings. The third kappa shape index (κ3) is 1.10. The fourth-order valence-electron chi connectivity index (χ4n) is 1.28. The van der Waals surface area contributed by atoms with E-state index in [9.17, 15) is 4.79 Å². The van der Waals surface area contributed by atoms with Crippen molar-refractivity contribution in [2.45, 2.75) is 0 Å². The molecule has 1 aromatic heterocycles. The van der Waals surface area contributed by atoms with E-state index in [2.05, 4.69) is 9.72 Å². The molecule has 0 amide bonds. The fourth-order valence-corrected chi connectivity index (χ4v) is 1.28. The first-order valence-corrected chi connectivity index (χ1v) is 4.05. The lowest BCUT2D eigenvalue weighted by Gasteiger charge is -1.98. The van der Waals surface area contributed by atoms with Crippen LogP contribution < -0.4 is 5.84 Å². The second-order valence-electron chi connectivity index (χ2n) is 2.79. The highest BCUT2D eigenvalue weighted by atomic mass is 16.5. The van der Waals surface area contributed by atoms with Crippen molar-refractivity contribution in [3.05, 3.63) is 30.1 Å². The zero-order valence-electron chi connectivity index (χ0n) is 7.60. The summed E-state index contributed by atoms with van der Waals surface area (Å²) in [6.07, 6.45) is 0. The van der Waals surface area contributed by atoms with Crippen molar-refractivity contribution in [1.82, 2.24) is 9.66 Å². The normalized spacial score (nSPS) is 10.4. The summed E-state index contributed by atoms with van der Waals surface area (Å²) in [6.45, 7) is 0. The molecular formula is C9H9N3O2. The molecule has 0 fully saturated rings. The Morgan fingerprint density at radius 3 is 2.86 bits per heavy atom. The predicted molar refractivity (Wildman–Crippen MR) is 51.2 cm³/mol. The first-order chi connectivity index (χ1) is 6.74. The van der Waals surface area contributed by atoms with Gasteiger partial charge in [-0.2, -0.15) is 0 Å². The summed E-state index contributed by atoms with van der Waals surface area (Å²) in [6, 6.07) is 7.23. The van der Waals surface area contributed by atoms with Gasteiger partial charge in [0.2, 0.25) is 5.82 Å². The van der Waals surface area contributed by atoms with Crippen molar-refractivity contribution >= 4 is 17.0 Å². The highest BCUT2D eigenvalue weighted by Crippen LogP contribution is 2.13. The van der Waals surface area contributed by atoms with Gasteiger partial charge in [0.15, 0.2) is 0 Å². The number of hydrogen-bond donors (Lipinski definition) is 1. The number of imidazole rings is 1. The summed E-state index contributed by atoms with van der Waals surface area (Å²) < 4.78 is 5.77. The van der Waals surface area contributed by atoms with Gasteiger partial charge in [-0.05, 0) is 12.1 Å². The van der Waals surface area contributed by atoms with Crippen LogP contribution in [0.25, 0.3) is 11.0 Å². The van der Waals surface area contributed by atoms with E-state index in [-0.39, 0.29) is 5.82 Å². The third-order valence-electron chi connectivity index (χ3n) is 1.96. The van der Waals surface area contributed by atoms with Gasteiger partial charge in [-0.25, -0.2) is 14.5 Å². The number of methoxy groups -OCH3 is 1. The van der Waals surface area contributed by atoms with Gasteiger partial charge in [0.1, 0.15) is 0 Å². The van der Waals surface area contributed by atoms with Gasteiger partial charge in [-0.3, -0.25) is 0 Å².